The molecule has 0 saturated heterocycles. The molecule has 0 aliphatic heterocycles. The topological polar surface area (TPSA) is 79.9 Å². The van der Waals surface area contributed by atoms with Crippen LogP contribution in [0.25, 0.3) is 0 Å². The predicted octanol–water partition coefficient (Wildman–Crippen LogP) is 3.06. The number of para-hydroxylation sites is 1. The van der Waals surface area contributed by atoms with Gasteiger partial charge in [0.2, 0.25) is 5.91 Å². The Morgan fingerprint density at radius 2 is 1.87 bits per heavy atom. The second-order valence-electron chi connectivity index (χ2n) is 7.51. The van der Waals surface area contributed by atoms with Crippen molar-refractivity contribution >= 4 is 17.5 Å². The van der Waals surface area contributed by atoms with E-state index in [1.165, 1.54) is 0 Å². The number of nitrogens with one attached hydrogen (secondary N) is 2. The van der Waals surface area contributed by atoms with Crippen LogP contribution < -0.4 is 20.1 Å². The summed E-state index contributed by atoms with van der Waals surface area (Å²) in [6.07, 6.45) is 2.35. The van der Waals surface area contributed by atoms with Gasteiger partial charge in [0.05, 0.1) is 25.5 Å². The lowest BCUT2D eigenvalue weighted by atomic mass is 10.1. The molecule has 1 saturated carbocycles. The zero-order chi connectivity index (χ0) is 21.5. The Kier molecular flexibility index (Phi) is 7.30. The molecule has 160 valence electrons. The Hall–Kier alpha value is -3.06. The summed E-state index contributed by atoms with van der Waals surface area (Å²) in [5, 5.41) is 5.84. The molecule has 0 unspecified atom stereocenters. The number of benzene rings is 2. The highest BCUT2D eigenvalue weighted by Gasteiger charge is 2.25. The maximum absolute atomic E-state index is 12.5. The van der Waals surface area contributed by atoms with E-state index in [4.69, 9.17) is 9.47 Å². The van der Waals surface area contributed by atoms with Crippen molar-refractivity contribution in [1.82, 2.24) is 10.2 Å². The molecule has 3 rings (SSSR count). The average molecular weight is 412 g/mol. The fourth-order valence-corrected chi connectivity index (χ4v) is 3.14. The highest BCUT2D eigenvalue weighted by molar-refractivity contribution is 6.03. The quantitative estimate of drug-likeness (QED) is 0.628. The van der Waals surface area contributed by atoms with Gasteiger partial charge >= 0.3 is 0 Å². The molecule has 2 N–H and O–H groups in total. The van der Waals surface area contributed by atoms with Crippen LogP contribution in [0.3, 0.4) is 0 Å². The number of anilines is 1. The van der Waals surface area contributed by atoms with Crippen LogP contribution in [-0.2, 0) is 11.3 Å². The van der Waals surface area contributed by atoms with Crippen LogP contribution in [0.5, 0.6) is 11.5 Å². The number of hydrogen-bond donors (Lipinski definition) is 2. The summed E-state index contributed by atoms with van der Waals surface area (Å²) in [5.41, 5.74) is 2.05. The summed E-state index contributed by atoms with van der Waals surface area (Å²) in [6, 6.07) is 13.1. The molecule has 7 nitrogen and oxygen atoms in total. The highest BCUT2D eigenvalue weighted by atomic mass is 16.5. The third kappa shape index (κ3) is 5.97. The molecule has 1 fully saturated rings. The molecule has 2 aromatic rings. The summed E-state index contributed by atoms with van der Waals surface area (Å²) in [4.78, 5) is 26.9. The molecular formula is C23H29N3O4. The number of amides is 2. The summed E-state index contributed by atoms with van der Waals surface area (Å²) in [7, 11) is 5.20. The van der Waals surface area contributed by atoms with Gasteiger partial charge in [-0.3, -0.25) is 9.59 Å². The number of methoxy groups -OCH3 is 2. The molecule has 1 aliphatic rings. The first-order valence-electron chi connectivity index (χ1n) is 10.1. The molecule has 2 amide bonds. The lowest BCUT2D eigenvalue weighted by Gasteiger charge is -2.19. The molecule has 0 aromatic heterocycles. The van der Waals surface area contributed by atoms with Gasteiger partial charge in [-0.1, -0.05) is 18.2 Å². The Morgan fingerprint density at radius 3 is 2.57 bits per heavy atom. The van der Waals surface area contributed by atoms with Crippen molar-refractivity contribution in [2.45, 2.75) is 31.8 Å². The monoisotopic (exact) mass is 411 g/mol. The first-order chi connectivity index (χ1) is 14.5. The van der Waals surface area contributed by atoms with E-state index in [1.54, 1.807) is 32.4 Å². The molecule has 7 heteroatoms. The third-order valence-electron chi connectivity index (χ3n) is 5.01. The van der Waals surface area contributed by atoms with E-state index >= 15 is 0 Å². The van der Waals surface area contributed by atoms with Gasteiger partial charge in [-0.2, -0.15) is 0 Å². The van der Waals surface area contributed by atoms with Crippen molar-refractivity contribution in [3.63, 3.8) is 0 Å². The lowest BCUT2D eigenvalue weighted by molar-refractivity contribution is -0.116. The van der Waals surface area contributed by atoms with Crippen molar-refractivity contribution in [1.29, 1.82) is 0 Å². The van der Waals surface area contributed by atoms with Crippen LogP contribution in [0.1, 0.15) is 35.2 Å². The number of ether oxygens (including phenoxy) is 2. The Balaban J connectivity index is 1.53. The Labute approximate surface area is 177 Å². The van der Waals surface area contributed by atoms with Crippen LogP contribution in [0, 0.1) is 0 Å². The molecule has 0 heterocycles. The summed E-state index contributed by atoms with van der Waals surface area (Å²) >= 11 is 0. The standard InChI is InChI=1S/C23H29N3O4/c1-26(15-16-8-11-18(29-2)14-21(16)30-3)13-12-22(27)25-20-7-5-4-6-19(20)23(28)24-17-9-10-17/h4-8,11,14,17H,9-10,12-13,15H2,1-3H3,(H,24,28)(H,25,27). The summed E-state index contributed by atoms with van der Waals surface area (Å²) < 4.78 is 10.7. The first-order valence-corrected chi connectivity index (χ1v) is 10.1. The molecular weight excluding hydrogens is 382 g/mol. The van der Waals surface area contributed by atoms with Crippen molar-refractivity contribution in [3.8, 4) is 11.5 Å². The molecule has 0 bridgehead atoms. The van der Waals surface area contributed by atoms with Gasteiger partial charge < -0.3 is 25.0 Å². The van der Waals surface area contributed by atoms with Gasteiger partial charge in [0.1, 0.15) is 11.5 Å². The number of rotatable bonds is 10. The minimum Gasteiger partial charge on any atom is -0.497 e. The molecule has 2 aromatic carbocycles. The normalized spacial score (nSPS) is 13.1. The van der Waals surface area contributed by atoms with Gasteiger partial charge in [0, 0.05) is 37.2 Å². The van der Waals surface area contributed by atoms with Gasteiger partial charge in [-0.15, -0.1) is 0 Å². The third-order valence-corrected chi connectivity index (χ3v) is 5.01. The van der Waals surface area contributed by atoms with Crippen LogP contribution in [0.15, 0.2) is 42.5 Å². The highest BCUT2D eigenvalue weighted by Crippen LogP contribution is 2.25. The van der Waals surface area contributed by atoms with Gasteiger partial charge in [0.25, 0.3) is 5.91 Å². The smallest absolute Gasteiger partial charge is 0.253 e. The average Bonchev–Trinajstić information content (AvgIpc) is 3.57. The number of carbonyl (C=O) groups excluding carboxylic acids is 2. The lowest BCUT2D eigenvalue weighted by Crippen LogP contribution is -2.28. The van der Waals surface area contributed by atoms with E-state index in [0.717, 1.165) is 29.9 Å². The number of hydrogen-bond acceptors (Lipinski definition) is 5. The van der Waals surface area contributed by atoms with E-state index in [0.29, 0.717) is 30.8 Å². The Bertz CT molecular complexity index is 896. The summed E-state index contributed by atoms with van der Waals surface area (Å²) in [5.74, 6) is 1.22. The SMILES string of the molecule is COc1ccc(CN(C)CCC(=O)Nc2ccccc2C(=O)NC2CC2)c(OC)c1. The fourth-order valence-electron chi connectivity index (χ4n) is 3.14. The van der Waals surface area contributed by atoms with E-state index in [1.807, 2.05) is 31.3 Å². The molecule has 1 aliphatic carbocycles. The van der Waals surface area contributed by atoms with E-state index in [9.17, 15) is 9.59 Å². The minimum absolute atomic E-state index is 0.129. The first kappa shape index (κ1) is 21.6. The van der Waals surface area contributed by atoms with Crippen molar-refractivity contribution < 1.29 is 19.1 Å². The second-order valence-corrected chi connectivity index (χ2v) is 7.51. The molecule has 0 spiro atoms. The molecule has 30 heavy (non-hydrogen) atoms. The second kappa shape index (κ2) is 10.1. The van der Waals surface area contributed by atoms with Crippen LogP contribution in [0.2, 0.25) is 0 Å². The van der Waals surface area contributed by atoms with Crippen molar-refractivity contribution in [2.75, 3.05) is 33.1 Å². The van der Waals surface area contributed by atoms with Crippen LogP contribution in [0.4, 0.5) is 5.69 Å². The van der Waals surface area contributed by atoms with Gasteiger partial charge in [0.15, 0.2) is 0 Å². The minimum atomic E-state index is -0.142. The molecule has 0 atom stereocenters. The van der Waals surface area contributed by atoms with E-state index < -0.39 is 0 Å². The van der Waals surface area contributed by atoms with Crippen LogP contribution in [-0.4, -0.2) is 50.6 Å². The Morgan fingerprint density at radius 1 is 1.10 bits per heavy atom. The maximum atomic E-state index is 12.5. The predicted molar refractivity (Wildman–Crippen MR) is 116 cm³/mol. The van der Waals surface area contributed by atoms with Gasteiger partial charge in [-0.25, -0.2) is 0 Å². The van der Waals surface area contributed by atoms with E-state index in [-0.39, 0.29) is 17.9 Å². The van der Waals surface area contributed by atoms with E-state index in [2.05, 4.69) is 15.5 Å². The van der Waals surface area contributed by atoms with Crippen molar-refractivity contribution in [3.05, 3.63) is 53.6 Å². The molecule has 0 radical (unpaired) electrons. The van der Waals surface area contributed by atoms with Gasteiger partial charge in [-0.05, 0) is 38.1 Å². The zero-order valence-electron chi connectivity index (χ0n) is 17.7. The largest absolute Gasteiger partial charge is 0.497 e. The number of carbonyl (C=O) groups is 2. The summed E-state index contributed by atoms with van der Waals surface area (Å²) in [6.45, 7) is 1.21. The van der Waals surface area contributed by atoms with Crippen molar-refractivity contribution in [2.24, 2.45) is 0 Å². The maximum Gasteiger partial charge on any atom is 0.253 e. The fraction of sp³-hybridized carbons (Fsp3) is 0.391. The zero-order valence-corrected chi connectivity index (χ0v) is 17.7. The number of nitrogens with zero attached hydrogens (tertiary/aromatic N) is 1. The van der Waals surface area contributed by atoms with Crippen LogP contribution >= 0.6 is 0 Å².